The summed E-state index contributed by atoms with van der Waals surface area (Å²) in [6, 6.07) is 15.5. The third kappa shape index (κ3) is 3.83. The summed E-state index contributed by atoms with van der Waals surface area (Å²) in [7, 11) is 1.91. The molecule has 0 aliphatic carbocycles. The number of hydrogen-bond acceptors (Lipinski definition) is 3. The van der Waals surface area contributed by atoms with Gasteiger partial charge in [-0.1, -0.05) is 28.1 Å². The van der Waals surface area contributed by atoms with E-state index < -0.39 is 0 Å². The third-order valence-corrected chi connectivity index (χ3v) is 3.36. The molecule has 102 valence electrons. The standard InChI is InChI=1S/C16H15BrN2O/c1-19-10-14-8-15(17)6-7-16(14)20-11-13-4-2-12(9-18)3-5-13/h2-8,19H,10-11H2,1H3. The first kappa shape index (κ1) is 14.6. The second-order valence-electron chi connectivity index (χ2n) is 4.38. The van der Waals surface area contributed by atoms with Crippen LogP contribution in [0.25, 0.3) is 0 Å². The molecule has 1 N–H and O–H groups in total. The fraction of sp³-hybridized carbons (Fsp3) is 0.188. The molecule has 0 saturated carbocycles. The molecule has 0 bridgehead atoms. The van der Waals surface area contributed by atoms with Crippen LogP contribution >= 0.6 is 15.9 Å². The largest absolute Gasteiger partial charge is 0.489 e. The number of ether oxygens (including phenoxy) is 1. The molecule has 2 aromatic rings. The molecule has 0 aliphatic rings. The molecule has 0 radical (unpaired) electrons. The minimum absolute atomic E-state index is 0.490. The van der Waals surface area contributed by atoms with E-state index in [0.29, 0.717) is 12.2 Å². The molecule has 0 spiro atoms. The Kier molecular flexibility index (Phi) is 5.16. The first-order valence-corrected chi connectivity index (χ1v) is 7.07. The lowest BCUT2D eigenvalue weighted by atomic mass is 10.1. The average Bonchev–Trinajstić information content (AvgIpc) is 2.47. The van der Waals surface area contributed by atoms with E-state index in [0.717, 1.165) is 27.9 Å². The van der Waals surface area contributed by atoms with Crippen molar-refractivity contribution in [3.8, 4) is 11.8 Å². The highest BCUT2D eigenvalue weighted by Gasteiger charge is 2.04. The van der Waals surface area contributed by atoms with Crippen LogP contribution in [0.15, 0.2) is 46.9 Å². The Hall–Kier alpha value is -1.83. The monoisotopic (exact) mass is 330 g/mol. The smallest absolute Gasteiger partial charge is 0.124 e. The van der Waals surface area contributed by atoms with Gasteiger partial charge in [-0.05, 0) is 42.9 Å². The summed E-state index contributed by atoms with van der Waals surface area (Å²) in [6.07, 6.45) is 0. The van der Waals surface area contributed by atoms with E-state index in [1.807, 2.05) is 37.4 Å². The third-order valence-electron chi connectivity index (χ3n) is 2.87. The zero-order valence-corrected chi connectivity index (χ0v) is 12.8. The van der Waals surface area contributed by atoms with E-state index in [9.17, 15) is 0 Å². The van der Waals surface area contributed by atoms with Crippen molar-refractivity contribution in [3.05, 3.63) is 63.6 Å². The van der Waals surface area contributed by atoms with Crippen molar-refractivity contribution in [1.82, 2.24) is 5.32 Å². The van der Waals surface area contributed by atoms with Crippen LogP contribution in [0.2, 0.25) is 0 Å². The molecular formula is C16H15BrN2O. The van der Waals surface area contributed by atoms with Gasteiger partial charge < -0.3 is 10.1 Å². The van der Waals surface area contributed by atoms with Crippen LogP contribution in [0.1, 0.15) is 16.7 Å². The Morgan fingerprint density at radius 1 is 1.20 bits per heavy atom. The van der Waals surface area contributed by atoms with E-state index >= 15 is 0 Å². The SMILES string of the molecule is CNCc1cc(Br)ccc1OCc1ccc(C#N)cc1. The maximum absolute atomic E-state index is 8.77. The van der Waals surface area contributed by atoms with E-state index in [1.165, 1.54) is 0 Å². The van der Waals surface area contributed by atoms with Gasteiger partial charge in [0.1, 0.15) is 12.4 Å². The van der Waals surface area contributed by atoms with Crippen molar-refractivity contribution in [2.45, 2.75) is 13.2 Å². The van der Waals surface area contributed by atoms with Crippen LogP contribution in [-0.2, 0) is 13.2 Å². The van der Waals surface area contributed by atoms with Crippen molar-refractivity contribution in [3.63, 3.8) is 0 Å². The van der Waals surface area contributed by atoms with Crippen molar-refractivity contribution in [1.29, 1.82) is 5.26 Å². The van der Waals surface area contributed by atoms with Gasteiger partial charge in [0.2, 0.25) is 0 Å². The maximum atomic E-state index is 8.77. The highest BCUT2D eigenvalue weighted by molar-refractivity contribution is 9.10. The second-order valence-corrected chi connectivity index (χ2v) is 5.30. The average molecular weight is 331 g/mol. The Bertz CT molecular complexity index is 617. The Morgan fingerprint density at radius 3 is 2.60 bits per heavy atom. The topological polar surface area (TPSA) is 45.0 Å². The molecule has 4 heteroatoms. The zero-order chi connectivity index (χ0) is 14.4. The highest BCUT2D eigenvalue weighted by atomic mass is 79.9. The van der Waals surface area contributed by atoms with Gasteiger partial charge in [0.25, 0.3) is 0 Å². The van der Waals surface area contributed by atoms with Crippen LogP contribution in [0.5, 0.6) is 5.75 Å². The number of benzene rings is 2. The lowest BCUT2D eigenvalue weighted by Crippen LogP contribution is -2.07. The van der Waals surface area contributed by atoms with Crippen molar-refractivity contribution in [2.24, 2.45) is 0 Å². The summed E-state index contributed by atoms with van der Waals surface area (Å²) in [6.45, 7) is 1.24. The maximum Gasteiger partial charge on any atom is 0.124 e. The number of nitrogens with one attached hydrogen (secondary N) is 1. The molecule has 0 aromatic heterocycles. The lowest BCUT2D eigenvalue weighted by Gasteiger charge is -2.12. The molecule has 0 saturated heterocycles. The summed E-state index contributed by atoms with van der Waals surface area (Å²) in [5, 5.41) is 11.9. The molecule has 0 amide bonds. The van der Waals surface area contributed by atoms with Crippen molar-refractivity contribution >= 4 is 15.9 Å². The molecule has 20 heavy (non-hydrogen) atoms. The van der Waals surface area contributed by atoms with Gasteiger partial charge in [-0.2, -0.15) is 5.26 Å². The highest BCUT2D eigenvalue weighted by Crippen LogP contribution is 2.24. The van der Waals surface area contributed by atoms with Crippen molar-refractivity contribution < 1.29 is 4.74 Å². The predicted octanol–water partition coefficient (Wildman–Crippen LogP) is 3.62. The Morgan fingerprint density at radius 2 is 1.95 bits per heavy atom. The minimum atomic E-state index is 0.490. The summed E-state index contributed by atoms with van der Waals surface area (Å²) >= 11 is 3.46. The van der Waals surface area contributed by atoms with Crippen LogP contribution in [0.3, 0.4) is 0 Å². The molecule has 2 rings (SSSR count). The summed E-state index contributed by atoms with van der Waals surface area (Å²) in [5.41, 5.74) is 2.81. The fourth-order valence-corrected chi connectivity index (χ4v) is 2.26. The first-order chi connectivity index (χ1) is 9.72. The zero-order valence-electron chi connectivity index (χ0n) is 11.2. The van der Waals surface area contributed by atoms with Crippen LogP contribution < -0.4 is 10.1 Å². The van der Waals surface area contributed by atoms with Crippen LogP contribution in [-0.4, -0.2) is 7.05 Å². The van der Waals surface area contributed by atoms with E-state index in [2.05, 4.69) is 27.3 Å². The molecule has 0 aliphatic heterocycles. The first-order valence-electron chi connectivity index (χ1n) is 6.28. The normalized spacial score (nSPS) is 10.1. The summed E-state index contributed by atoms with van der Waals surface area (Å²) in [4.78, 5) is 0. The van der Waals surface area contributed by atoms with Gasteiger partial charge >= 0.3 is 0 Å². The molecule has 2 aromatic carbocycles. The number of nitriles is 1. The molecule has 0 unspecified atom stereocenters. The molecule has 0 fully saturated rings. The van der Waals surface area contributed by atoms with Crippen LogP contribution in [0, 0.1) is 11.3 Å². The van der Waals surface area contributed by atoms with Crippen molar-refractivity contribution in [2.75, 3.05) is 7.05 Å². The summed E-state index contributed by atoms with van der Waals surface area (Å²) < 4.78 is 6.90. The summed E-state index contributed by atoms with van der Waals surface area (Å²) in [5.74, 6) is 0.868. The predicted molar refractivity (Wildman–Crippen MR) is 82.4 cm³/mol. The molecule has 3 nitrogen and oxygen atoms in total. The van der Waals surface area contributed by atoms with E-state index in [1.54, 1.807) is 12.1 Å². The van der Waals surface area contributed by atoms with Gasteiger partial charge in [-0.15, -0.1) is 0 Å². The van der Waals surface area contributed by atoms with Crippen LogP contribution in [0.4, 0.5) is 0 Å². The molecule has 0 atom stereocenters. The minimum Gasteiger partial charge on any atom is -0.489 e. The number of halogens is 1. The second kappa shape index (κ2) is 7.09. The Balaban J connectivity index is 2.08. The van der Waals surface area contributed by atoms with E-state index in [4.69, 9.17) is 10.00 Å². The number of rotatable bonds is 5. The van der Waals surface area contributed by atoms with E-state index in [-0.39, 0.29) is 0 Å². The van der Waals surface area contributed by atoms with Gasteiger partial charge in [0.05, 0.1) is 11.6 Å². The van der Waals surface area contributed by atoms with Gasteiger partial charge in [-0.3, -0.25) is 0 Å². The van der Waals surface area contributed by atoms with Gasteiger partial charge in [-0.25, -0.2) is 0 Å². The molecular weight excluding hydrogens is 316 g/mol. The van der Waals surface area contributed by atoms with Gasteiger partial charge in [0, 0.05) is 16.6 Å². The quantitative estimate of drug-likeness (QED) is 0.910. The lowest BCUT2D eigenvalue weighted by molar-refractivity contribution is 0.302. The number of nitrogens with zero attached hydrogens (tertiary/aromatic N) is 1. The van der Waals surface area contributed by atoms with Gasteiger partial charge in [0.15, 0.2) is 0 Å². The fourth-order valence-electron chi connectivity index (χ4n) is 1.85. The Labute approximate surface area is 127 Å². The molecule has 0 heterocycles. The number of hydrogen-bond donors (Lipinski definition) is 1.